The quantitative estimate of drug-likeness (QED) is 0.850. The van der Waals surface area contributed by atoms with Gasteiger partial charge in [0.2, 0.25) is 0 Å². The summed E-state index contributed by atoms with van der Waals surface area (Å²) in [6.07, 6.45) is 2.88. The molecule has 0 radical (unpaired) electrons. The highest BCUT2D eigenvalue weighted by Crippen LogP contribution is 2.34. The number of rotatable bonds is 2. The average molecular weight is 361 g/mol. The van der Waals surface area contributed by atoms with Crippen LogP contribution in [-0.2, 0) is 0 Å². The number of nitrogens with one attached hydrogen (secondary N) is 1. The molecule has 0 saturated heterocycles. The van der Waals surface area contributed by atoms with Crippen molar-refractivity contribution in [1.82, 2.24) is 4.98 Å². The minimum Gasteiger partial charge on any atom is -0.397 e. The molecule has 0 fully saturated rings. The van der Waals surface area contributed by atoms with Crippen LogP contribution < -0.4 is 11.1 Å². The number of hydrogen-bond donors (Lipinski definition) is 2. The summed E-state index contributed by atoms with van der Waals surface area (Å²) in [5.74, 6) is -0.397. The fourth-order valence-electron chi connectivity index (χ4n) is 1.46. The molecule has 0 aliphatic rings. The van der Waals surface area contributed by atoms with Gasteiger partial charge in [-0.25, -0.2) is 0 Å². The van der Waals surface area contributed by atoms with Crippen LogP contribution >= 0.6 is 39.1 Å². The second-order valence-electron chi connectivity index (χ2n) is 3.66. The van der Waals surface area contributed by atoms with Crippen LogP contribution in [0, 0.1) is 0 Å². The van der Waals surface area contributed by atoms with E-state index in [9.17, 15) is 4.79 Å². The zero-order valence-corrected chi connectivity index (χ0v) is 12.6. The van der Waals surface area contributed by atoms with Gasteiger partial charge in [-0.05, 0) is 18.2 Å². The number of carbonyl (C=O) groups is 1. The van der Waals surface area contributed by atoms with E-state index in [4.69, 9.17) is 28.9 Å². The van der Waals surface area contributed by atoms with E-state index in [2.05, 4.69) is 26.2 Å². The Balaban J connectivity index is 2.32. The van der Waals surface area contributed by atoms with Crippen molar-refractivity contribution in [2.45, 2.75) is 0 Å². The van der Waals surface area contributed by atoms with Crippen LogP contribution in [0.4, 0.5) is 11.4 Å². The molecule has 0 aliphatic heterocycles. The highest BCUT2D eigenvalue weighted by atomic mass is 79.9. The number of nitrogens with zero attached hydrogens (tertiary/aromatic N) is 1. The summed E-state index contributed by atoms with van der Waals surface area (Å²) in [4.78, 5) is 15.9. The van der Waals surface area contributed by atoms with Gasteiger partial charge in [0.25, 0.3) is 5.91 Å². The van der Waals surface area contributed by atoms with E-state index in [0.29, 0.717) is 21.3 Å². The molecule has 0 bridgehead atoms. The van der Waals surface area contributed by atoms with Crippen molar-refractivity contribution in [3.63, 3.8) is 0 Å². The lowest BCUT2D eigenvalue weighted by Gasteiger charge is -2.10. The van der Waals surface area contributed by atoms with Crippen LogP contribution in [0.3, 0.4) is 0 Å². The largest absolute Gasteiger partial charge is 0.397 e. The second-order valence-corrected chi connectivity index (χ2v) is 5.39. The standard InChI is InChI=1S/C12H8BrCl2N3O/c13-6-3-8(14)11(9(15)4-6)18-12(19)7-1-2-17-5-10(7)16/h1-5H,16H2,(H,18,19). The summed E-state index contributed by atoms with van der Waals surface area (Å²) in [5, 5.41) is 3.30. The van der Waals surface area contributed by atoms with Crippen molar-refractivity contribution in [3.05, 3.63) is 50.7 Å². The molecule has 0 aliphatic carbocycles. The van der Waals surface area contributed by atoms with Crippen molar-refractivity contribution in [1.29, 1.82) is 0 Å². The zero-order valence-electron chi connectivity index (χ0n) is 9.45. The number of pyridine rings is 1. The number of carbonyl (C=O) groups excluding carboxylic acids is 1. The molecule has 1 aromatic carbocycles. The molecule has 0 unspecified atom stereocenters. The van der Waals surface area contributed by atoms with Gasteiger partial charge in [-0.15, -0.1) is 0 Å². The minimum absolute atomic E-state index is 0.282. The third kappa shape index (κ3) is 3.18. The van der Waals surface area contributed by atoms with Crippen LogP contribution in [-0.4, -0.2) is 10.9 Å². The summed E-state index contributed by atoms with van der Waals surface area (Å²) >= 11 is 15.3. The van der Waals surface area contributed by atoms with Crippen LogP contribution in [0.1, 0.15) is 10.4 Å². The van der Waals surface area contributed by atoms with Crippen LogP contribution in [0.15, 0.2) is 35.1 Å². The molecular weight excluding hydrogens is 353 g/mol. The Morgan fingerprint density at radius 1 is 1.32 bits per heavy atom. The summed E-state index contributed by atoms with van der Waals surface area (Å²) in [6, 6.07) is 4.79. The molecule has 98 valence electrons. The SMILES string of the molecule is Nc1cnccc1C(=O)Nc1c(Cl)cc(Br)cc1Cl. The number of nitrogens with two attached hydrogens (primary N) is 1. The number of anilines is 2. The normalized spacial score (nSPS) is 10.3. The molecule has 19 heavy (non-hydrogen) atoms. The third-order valence-corrected chi connectivity index (χ3v) is 3.40. The van der Waals surface area contributed by atoms with E-state index in [0.717, 1.165) is 4.47 Å². The predicted molar refractivity (Wildman–Crippen MR) is 80.8 cm³/mol. The smallest absolute Gasteiger partial charge is 0.257 e. The highest BCUT2D eigenvalue weighted by molar-refractivity contribution is 9.10. The molecule has 0 spiro atoms. The number of amides is 1. The maximum absolute atomic E-state index is 12.1. The molecule has 4 nitrogen and oxygen atoms in total. The highest BCUT2D eigenvalue weighted by Gasteiger charge is 2.14. The maximum atomic E-state index is 12.1. The first-order chi connectivity index (χ1) is 8.99. The monoisotopic (exact) mass is 359 g/mol. The maximum Gasteiger partial charge on any atom is 0.257 e. The molecule has 1 aromatic heterocycles. The molecule has 1 heterocycles. The van der Waals surface area contributed by atoms with Crippen molar-refractivity contribution >= 4 is 56.4 Å². The molecule has 7 heteroatoms. The van der Waals surface area contributed by atoms with Crippen molar-refractivity contribution in [2.75, 3.05) is 11.1 Å². The summed E-state index contributed by atoms with van der Waals surface area (Å²) in [5.41, 5.74) is 6.61. The van der Waals surface area contributed by atoms with Gasteiger partial charge in [0, 0.05) is 10.7 Å². The Bertz CT molecular complexity index is 626. The van der Waals surface area contributed by atoms with Gasteiger partial charge in [-0.1, -0.05) is 39.1 Å². The van der Waals surface area contributed by atoms with Crippen molar-refractivity contribution in [2.24, 2.45) is 0 Å². The van der Waals surface area contributed by atoms with Gasteiger partial charge < -0.3 is 11.1 Å². The van der Waals surface area contributed by atoms with Gasteiger partial charge >= 0.3 is 0 Å². The average Bonchev–Trinajstić information content (AvgIpc) is 2.34. The number of nitrogen functional groups attached to an aromatic ring is 1. The first kappa shape index (κ1) is 14.1. The lowest BCUT2D eigenvalue weighted by molar-refractivity contribution is 0.102. The second kappa shape index (κ2) is 5.77. The van der Waals surface area contributed by atoms with Gasteiger partial charge in [0.15, 0.2) is 0 Å². The topological polar surface area (TPSA) is 68.0 Å². The molecule has 0 saturated carbocycles. The van der Waals surface area contributed by atoms with E-state index in [1.54, 1.807) is 12.1 Å². The van der Waals surface area contributed by atoms with Gasteiger partial charge in [0.05, 0.1) is 33.2 Å². The van der Waals surface area contributed by atoms with Gasteiger partial charge in [-0.2, -0.15) is 0 Å². The molecular formula is C12H8BrCl2N3O. The number of aromatic nitrogens is 1. The van der Waals surface area contributed by atoms with E-state index in [-0.39, 0.29) is 5.69 Å². The lowest BCUT2D eigenvalue weighted by atomic mass is 10.2. The lowest BCUT2D eigenvalue weighted by Crippen LogP contribution is -2.14. The Kier molecular flexibility index (Phi) is 4.29. The fraction of sp³-hybridized carbons (Fsp3) is 0. The molecule has 2 rings (SSSR count). The van der Waals surface area contributed by atoms with Gasteiger partial charge in [-0.3, -0.25) is 9.78 Å². The summed E-state index contributed by atoms with van der Waals surface area (Å²) in [7, 11) is 0. The third-order valence-electron chi connectivity index (χ3n) is 2.34. The van der Waals surface area contributed by atoms with E-state index in [1.807, 2.05) is 0 Å². The van der Waals surface area contributed by atoms with Gasteiger partial charge in [0.1, 0.15) is 0 Å². The number of halogens is 3. The molecule has 3 N–H and O–H groups in total. The molecule has 2 aromatic rings. The Hall–Kier alpha value is -1.30. The summed E-state index contributed by atoms with van der Waals surface area (Å²) in [6.45, 7) is 0. The van der Waals surface area contributed by atoms with Crippen LogP contribution in [0.5, 0.6) is 0 Å². The minimum atomic E-state index is -0.397. The predicted octanol–water partition coefficient (Wildman–Crippen LogP) is 3.99. The number of benzene rings is 1. The first-order valence-corrected chi connectivity index (χ1v) is 6.69. The zero-order chi connectivity index (χ0) is 14.0. The first-order valence-electron chi connectivity index (χ1n) is 5.14. The Labute approximate surface area is 128 Å². The van der Waals surface area contributed by atoms with E-state index in [1.165, 1.54) is 18.5 Å². The van der Waals surface area contributed by atoms with E-state index >= 15 is 0 Å². The molecule has 0 atom stereocenters. The molecule has 1 amide bonds. The fourth-order valence-corrected chi connectivity index (χ4v) is 2.76. The Morgan fingerprint density at radius 2 is 1.95 bits per heavy atom. The van der Waals surface area contributed by atoms with Crippen molar-refractivity contribution < 1.29 is 4.79 Å². The van der Waals surface area contributed by atoms with Crippen LogP contribution in [0.2, 0.25) is 10.0 Å². The Morgan fingerprint density at radius 3 is 2.53 bits per heavy atom. The van der Waals surface area contributed by atoms with Crippen molar-refractivity contribution in [3.8, 4) is 0 Å². The van der Waals surface area contributed by atoms with E-state index < -0.39 is 5.91 Å². The number of hydrogen-bond acceptors (Lipinski definition) is 3. The van der Waals surface area contributed by atoms with Crippen LogP contribution in [0.25, 0.3) is 0 Å². The summed E-state index contributed by atoms with van der Waals surface area (Å²) < 4.78 is 0.726.